The fraction of sp³-hybridized carbons (Fsp3) is 0.600. The third kappa shape index (κ3) is 12.6. The zero-order valence-corrected chi connectivity index (χ0v) is 34.1. The molecule has 0 saturated carbocycles. The molecule has 1 atom stereocenters. The molecule has 0 amide bonds. The van der Waals surface area contributed by atoms with Crippen LogP contribution in [0.25, 0.3) is 11.1 Å². The van der Waals surface area contributed by atoms with E-state index in [0.717, 1.165) is 56.3 Å². The summed E-state index contributed by atoms with van der Waals surface area (Å²) in [5, 5.41) is 3.81. The van der Waals surface area contributed by atoms with Gasteiger partial charge < -0.3 is 5.32 Å². The Kier molecular flexibility index (Phi) is 26.6. The lowest BCUT2D eigenvalue weighted by molar-refractivity contribution is 0.309. The Balaban J connectivity index is -0.00000214. The summed E-state index contributed by atoms with van der Waals surface area (Å²) in [6.45, 7) is 46.1. The van der Waals surface area contributed by atoms with Gasteiger partial charge in [-0.2, -0.15) is 0 Å². The van der Waals surface area contributed by atoms with Crippen molar-refractivity contribution in [2.24, 2.45) is 16.2 Å². The van der Waals surface area contributed by atoms with Gasteiger partial charge in [0.1, 0.15) is 0 Å². The smallest absolute Gasteiger partial charge is 0.0340 e. The quantitative estimate of drug-likeness (QED) is 0.168. The predicted octanol–water partition coefficient (Wildman–Crippen LogP) is 15.2. The topological polar surface area (TPSA) is 12.0 Å². The Hall–Kier alpha value is -2.54. The second-order valence-electron chi connectivity index (χ2n) is 12.0. The maximum atomic E-state index is 4.64. The third-order valence-electron chi connectivity index (χ3n) is 8.99. The van der Waals surface area contributed by atoms with Gasteiger partial charge in [-0.3, -0.25) is 0 Å². The minimum atomic E-state index is -0.0554. The Bertz CT molecular complexity index is 1080. The molecule has 1 nitrogen and oxygen atoms in total. The lowest BCUT2D eigenvalue weighted by Gasteiger charge is -2.46. The molecular formula is C45H79N. The highest BCUT2D eigenvalue weighted by atomic mass is 14.9. The largest absolute Gasteiger partial charge is 0.385 e. The highest BCUT2D eigenvalue weighted by Crippen LogP contribution is 2.55. The summed E-state index contributed by atoms with van der Waals surface area (Å²) < 4.78 is 0. The molecular weight excluding hydrogens is 555 g/mol. The molecule has 0 spiro atoms. The Morgan fingerprint density at radius 2 is 1.35 bits per heavy atom. The minimum absolute atomic E-state index is 0.0322. The molecule has 0 aliphatic heterocycles. The monoisotopic (exact) mass is 634 g/mol. The van der Waals surface area contributed by atoms with Gasteiger partial charge in [-0.1, -0.05) is 189 Å². The average molecular weight is 634 g/mol. The zero-order chi connectivity index (χ0) is 36.6. The molecule has 1 aliphatic rings. The van der Waals surface area contributed by atoms with Crippen LogP contribution in [0.3, 0.4) is 0 Å². The maximum absolute atomic E-state index is 4.64. The minimum Gasteiger partial charge on any atom is -0.385 e. The number of rotatable bonds is 13. The van der Waals surface area contributed by atoms with Gasteiger partial charge in [0.05, 0.1) is 0 Å². The van der Waals surface area contributed by atoms with Crippen molar-refractivity contribution in [3.63, 3.8) is 0 Å². The molecule has 1 unspecified atom stereocenters. The third-order valence-corrected chi connectivity index (χ3v) is 8.99. The SMILES string of the molecule is C=C(C)c1ccc(C2=CCC(C)(CC)/C(=C\CNC(=C)C(CCC)(CCC)C(/C=C\C)=C/C)C2(C)C)cc1.CC.CC.CC.CC. The van der Waals surface area contributed by atoms with E-state index < -0.39 is 0 Å². The van der Waals surface area contributed by atoms with Gasteiger partial charge in [0.2, 0.25) is 0 Å². The summed E-state index contributed by atoms with van der Waals surface area (Å²) >= 11 is 0. The first-order valence-electron chi connectivity index (χ1n) is 18.9. The standard InChI is InChI=1S/C37H55N.4C2H6/c1-12-17-32(15-4)37(24-13-2,25-14-3)29(8)38-27-23-34-35(9,10)33(22-26-36(34,11)16-5)31-20-18-30(19-21-31)28(6)7;4*1-2/h12,15,17-23,38H,6,8,13-14,16,24-27H2,1-5,7,9-11H3;4*1-2H3/b17-12-,32-15+,34-23-;;;;. The van der Waals surface area contributed by atoms with E-state index in [-0.39, 0.29) is 16.2 Å². The van der Waals surface area contributed by atoms with Crippen LogP contribution in [0.4, 0.5) is 0 Å². The van der Waals surface area contributed by atoms with E-state index in [0.29, 0.717) is 0 Å². The lowest BCUT2D eigenvalue weighted by Crippen LogP contribution is -2.36. The summed E-state index contributed by atoms with van der Waals surface area (Å²) in [6, 6.07) is 8.96. The van der Waals surface area contributed by atoms with E-state index in [1.165, 1.54) is 27.8 Å². The first kappa shape index (κ1) is 47.9. The molecule has 0 bridgehead atoms. The van der Waals surface area contributed by atoms with Crippen LogP contribution < -0.4 is 5.32 Å². The molecule has 2 rings (SSSR count). The van der Waals surface area contributed by atoms with Crippen molar-refractivity contribution in [1.29, 1.82) is 0 Å². The van der Waals surface area contributed by atoms with E-state index >= 15 is 0 Å². The van der Waals surface area contributed by atoms with E-state index in [1.807, 2.05) is 55.4 Å². The van der Waals surface area contributed by atoms with Crippen LogP contribution in [0.15, 0.2) is 84.6 Å². The fourth-order valence-electron chi connectivity index (χ4n) is 6.74. The van der Waals surface area contributed by atoms with Crippen molar-refractivity contribution >= 4 is 11.1 Å². The number of nitrogens with one attached hydrogen (secondary N) is 1. The van der Waals surface area contributed by atoms with Crippen LogP contribution in [0.1, 0.15) is 167 Å². The van der Waals surface area contributed by atoms with E-state index in [4.69, 9.17) is 0 Å². The molecule has 1 aromatic rings. The highest BCUT2D eigenvalue weighted by Gasteiger charge is 2.42. The zero-order valence-electron chi connectivity index (χ0n) is 34.1. The van der Waals surface area contributed by atoms with E-state index in [2.05, 4.69) is 135 Å². The average Bonchev–Trinajstić information content (AvgIpc) is 3.08. The Morgan fingerprint density at radius 1 is 0.848 bits per heavy atom. The first-order valence-corrected chi connectivity index (χ1v) is 18.9. The van der Waals surface area contributed by atoms with Crippen LogP contribution >= 0.6 is 0 Å². The van der Waals surface area contributed by atoms with Crippen molar-refractivity contribution in [3.8, 4) is 0 Å². The highest BCUT2D eigenvalue weighted by molar-refractivity contribution is 5.76. The van der Waals surface area contributed by atoms with E-state index in [1.54, 1.807) is 0 Å². The van der Waals surface area contributed by atoms with Gasteiger partial charge in [0, 0.05) is 23.1 Å². The van der Waals surface area contributed by atoms with Crippen LogP contribution in [0.2, 0.25) is 0 Å². The molecule has 1 N–H and O–H groups in total. The van der Waals surface area contributed by atoms with Crippen LogP contribution in [0, 0.1) is 16.2 Å². The summed E-state index contributed by atoms with van der Waals surface area (Å²) in [7, 11) is 0. The second-order valence-corrected chi connectivity index (χ2v) is 12.0. The van der Waals surface area contributed by atoms with Crippen LogP contribution in [-0.4, -0.2) is 6.54 Å². The number of hydrogen-bond acceptors (Lipinski definition) is 1. The Morgan fingerprint density at radius 3 is 1.74 bits per heavy atom. The molecule has 1 aromatic carbocycles. The molecule has 264 valence electrons. The van der Waals surface area contributed by atoms with Crippen molar-refractivity contribution in [1.82, 2.24) is 5.32 Å². The van der Waals surface area contributed by atoms with E-state index in [9.17, 15) is 0 Å². The van der Waals surface area contributed by atoms with Gasteiger partial charge in [-0.15, -0.1) is 0 Å². The number of hydrogen-bond donors (Lipinski definition) is 1. The molecule has 1 heteroatoms. The summed E-state index contributed by atoms with van der Waals surface area (Å²) in [6.07, 6.45) is 18.4. The van der Waals surface area contributed by atoms with Crippen molar-refractivity contribution in [2.75, 3.05) is 6.54 Å². The van der Waals surface area contributed by atoms with Gasteiger partial charge in [0.25, 0.3) is 0 Å². The lowest BCUT2D eigenvalue weighted by atomic mass is 9.58. The second kappa shape index (κ2) is 25.5. The molecule has 0 radical (unpaired) electrons. The van der Waals surface area contributed by atoms with Gasteiger partial charge in [0.15, 0.2) is 0 Å². The van der Waals surface area contributed by atoms with Crippen LogP contribution in [0.5, 0.6) is 0 Å². The molecule has 0 aromatic heterocycles. The van der Waals surface area contributed by atoms with Crippen molar-refractivity contribution in [2.45, 2.75) is 156 Å². The van der Waals surface area contributed by atoms with Crippen LogP contribution in [-0.2, 0) is 0 Å². The molecule has 0 heterocycles. The fourth-order valence-corrected chi connectivity index (χ4v) is 6.74. The first-order chi connectivity index (χ1) is 22.0. The maximum Gasteiger partial charge on any atom is 0.0340 e. The summed E-state index contributed by atoms with van der Waals surface area (Å²) in [5.74, 6) is 0. The van der Waals surface area contributed by atoms with Gasteiger partial charge >= 0.3 is 0 Å². The normalized spacial score (nSPS) is 17.9. The van der Waals surface area contributed by atoms with Crippen molar-refractivity contribution in [3.05, 3.63) is 95.8 Å². The number of allylic oxidation sites excluding steroid dienone is 8. The van der Waals surface area contributed by atoms with Crippen molar-refractivity contribution < 1.29 is 0 Å². The van der Waals surface area contributed by atoms with Gasteiger partial charge in [-0.05, 0) is 74.1 Å². The molecule has 0 saturated heterocycles. The predicted molar refractivity (Wildman–Crippen MR) is 217 cm³/mol. The molecule has 46 heavy (non-hydrogen) atoms. The van der Waals surface area contributed by atoms with Gasteiger partial charge in [-0.25, -0.2) is 0 Å². The summed E-state index contributed by atoms with van der Waals surface area (Å²) in [5.41, 5.74) is 9.19. The summed E-state index contributed by atoms with van der Waals surface area (Å²) in [4.78, 5) is 0. The Labute approximate surface area is 290 Å². The molecule has 1 aliphatic carbocycles. The number of benzene rings is 1. The molecule has 0 fully saturated rings.